The molecule has 4 heteroatoms. The SMILES string of the molecule is CO[C@H]1C=C[C@@H](OC)C1NCCO. The van der Waals surface area contributed by atoms with Crippen molar-refractivity contribution in [2.75, 3.05) is 27.4 Å². The molecule has 0 saturated carbocycles. The molecule has 0 bridgehead atoms. The first kappa shape index (κ1) is 10.7. The van der Waals surface area contributed by atoms with Crippen molar-refractivity contribution in [2.24, 2.45) is 0 Å². The average molecular weight is 187 g/mol. The fraction of sp³-hybridized carbons (Fsp3) is 0.778. The van der Waals surface area contributed by atoms with Crippen molar-refractivity contribution in [1.82, 2.24) is 5.32 Å². The highest BCUT2D eigenvalue weighted by Gasteiger charge is 2.30. The molecular formula is C9H17NO3. The Morgan fingerprint density at radius 3 is 2.15 bits per heavy atom. The molecule has 0 amide bonds. The highest BCUT2D eigenvalue weighted by molar-refractivity contribution is 5.13. The third-order valence-corrected chi connectivity index (χ3v) is 2.23. The summed E-state index contributed by atoms with van der Waals surface area (Å²) in [6.07, 6.45) is 4.03. The predicted molar refractivity (Wildman–Crippen MR) is 49.6 cm³/mol. The van der Waals surface area contributed by atoms with Crippen molar-refractivity contribution < 1.29 is 14.6 Å². The van der Waals surface area contributed by atoms with Crippen molar-refractivity contribution in [1.29, 1.82) is 0 Å². The van der Waals surface area contributed by atoms with E-state index in [0.29, 0.717) is 6.54 Å². The van der Waals surface area contributed by atoms with Crippen molar-refractivity contribution >= 4 is 0 Å². The number of ether oxygens (including phenoxy) is 2. The van der Waals surface area contributed by atoms with Crippen LogP contribution < -0.4 is 5.32 Å². The number of rotatable bonds is 5. The molecule has 0 aromatic heterocycles. The van der Waals surface area contributed by atoms with Gasteiger partial charge in [0, 0.05) is 20.8 Å². The molecule has 0 spiro atoms. The number of methoxy groups -OCH3 is 2. The van der Waals surface area contributed by atoms with Gasteiger partial charge in [-0.3, -0.25) is 0 Å². The van der Waals surface area contributed by atoms with Crippen LogP contribution in [0.1, 0.15) is 0 Å². The molecule has 2 N–H and O–H groups in total. The van der Waals surface area contributed by atoms with Crippen LogP contribution >= 0.6 is 0 Å². The monoisotopic (exact) mass is 187 g/mol. The van der Waals surface area contributed by atoms with E-state index in [1.54, 1.807) is 14.2 Å². The number of nitrogens with one attached hydrogen (secondary N) is 1. The maximum atomic E-state index is 8.68. The largest absolute Gasteiger partial charge is 0.395 e. The van der Waals surface area contributed by atoms with E-state index in [1.165, 1.54) is 0 Å². The smallest absolute Gasteiger partial charge is 0.0934 e. The van der Waals surface area contributed by atoms with E-state index in [9.17, 15) is 0 Å². The molecule has 0 radical (unpaired) electrons. The molecule has 0 fully saturated rings. The van der Waals surface area contributed by atoms with Crippen LogP contribution in [0.25, 0.3) is 0 Å². The van der Waals surface area contributed by atoms with Crippen LogP contribution in [-0.4, -0.2) is 50.7 Å². The Morgan fingerprint density at radius 1 is 1.23 bits per heavy atom. The van der Waals surface area contributed by atoms with Gasteiger partial charge in [-0.2, -0.15) is 0 Å². The van der Waals surface area contributed by atoms with Gasteiger partial charge in [0.15, 0.2) is 0 Å². The summed E-state index contributed by atoms with van der Waals surface area (Å²) in [5.74, 6) is 0. The molecule has 1 unspecified atom stereocenters. The van der Waals surface area contributed by atoms with Gasteiger partial charge in [0.25, 0.3) is 0 Å². The molecule has 1 aliphatic rings. The van der Waals surface area contributed by atoms with Crippen LogP contribution in [0.15, 0.2) is 12.2 Å². The second kappa shape index (κ2) is 5.34. The van der Waals surface area contributed by atoms with Gasteiger partial charge in [0.05, 0.1) is 24.9 Å². The molecule has 4 nitrogen and oxygen atoms in total. The molecule has 0 aromatic rings. The summed E-state index contributed by atoms with van der Waals surface area (Å²) in [6, 6.07) is 0.113. The first-order valence-corrected chi connectivity index (χ1v) is 4.41. The van der Waals surface area contributed by atoms with E-state index in [4.69, 9.17) is 14.6 Å². The van der Waals surface area contributed by atoms with Gasteiger partial charge in [-0.25, -0.2) is 0 Å². The summed E-state index contributed by atoms with van der Waals surface area (Å²) < 4.78 is 10.5. The number of hydrogen-bond acceptors (Lipinski definition) is 4. The zero-order valence-electron chi connectivity index (χ0n) is 8.06. The lowest BCUT2D eigenvalue weighted by Gasteiger charge is -2.24. The van der Waals surface area contributed by atoms with Crippen molar-refractivity contribution in [3.05, 3.63) is 12.2 Å². The minimum Gasteiger partial charge on any atom is -0.395 e. The van der Waals surface area contributed by atoms with Crippen molar-refractivity contribution in [3.63, 3.8) is 0 Å². The number of hydrogen-bond donors (Lipinski definition) is 2. The molecule has 76 valence electrons. The fourth-order valence-electron chi connectivity index (χ4n) is 1.56. The van der Waals surface area contributed by atoms with Crippen LogP contribution in [0.5, 0.6) is 0 Å². The highest BCUT2D eigenvalue weighted by atomic mass is 16.5. The van der Waals surface area contributed by atoms with Gasteiger partial charge in [-0.15, -0.1) is 0 Å². The minimum absolute atomic E-state index is 0.0384. The Kier molecular flexibility index (Phi) is 4.38. The lowest BCUT2D eigenvalue weighted by molar-refractivity contribution is 0.0437. The zero-order valence-corrected chi connectivity index (χ0v) is 8.06. The summed E-state index contributed by atoms with van der Waals surface area (Å²) in [6.45, 7) is 0.690. The fourth-order valence-corrected chi connectivity index (χ4v) is 1.56. The lowest BCUT2D eigenvalue weighted by Crippen LogP contribution is -2.46. The molecule has 0 saturated heterocycles. The topological polar surface area (TPSA) is 50.7 Å². The summed E-state index contributed by atoms with van der Waals surface area (Å²) >= 11 is 0. The molecule has 3 atom stereocenters. The average Bonchev–Trinajstić information content (AvgIpc) is 2.56. The van der Waals surface area contributed by atoms with E-state index in [1.807, 2.05) is 12.2 Å². The number of aliphatic hydroxyl groups is 1. The Hall–Kier alpha value is -0.420. The molecule has 0 aromatic carbocycles. The highest BCUT2D eigenvalue weighted by Crippen LogP contribution is 2.16. The summed E-state index contributed by atoms with van der Waals surface area (Å²) in [5.41, 5.74) is 0. The Labute approximate surface area is 78.5 Å². The maximum absolute atomic E-state index is 8.68. The van der Waals surface area contributed by atoms with E-state index in [2.05, 4.69) is 5.32 Å². The Morgan fingerprint density at radius 2 is 1.77 bits per heavy atom. The van der Waals surface area contributed by atoms with E-state index >= 15 is 0 Å². The van der Waals surface area contributed by atoms with Crippen LogP contribution in [0.3, 0.4) is 0 Å². The third-order valence-electron chi connectivity index (χ3n) is 2.23. The van der Waals surface area contributed by atoms with Gasteiger partial charge in [-0.05, 0) is 0 Å². The van der Waals surface area contributed by atoms with E-state index < -0.39 is 0 Å². The second-order valence-electron chi connectivity index (χ2n) is 2.99. The van der Waals surface area contributed by atoms with Gasteiger partial charge in [0.2, 0.25) is 0 Å². The van der Waals surface area contributed by atoms with Crippen molar-refractivity contribution in [3.8, 4) is 0 Å². The number of aliphatic hydroxyl groups excluding tert-OH is 1. The van der Waals surface area contributed by atoms with Gasteiger partial charge in [0.1, 0.15) is 0 Å². The summed E-state index contributed by atoms with van der Waals surface area (Å²) in [7, 11) is 3.33. The van der Waals surface area contributed by atoms with Crippen LogP contribution in [0, 0.1) is 0 Å². The van der Waals surface area contributed by atoms with Gasteiger partial charge >= 0.3 is 0 Å². The standard InChI is InChI=1S/C9H17NO3/c1-12-7-3-4-8(13-2)9(7)10-5-6-11/h3-4,7-11H,5-6H2,1-2H3/t7-,8+,9?. The minimum atomic E-state index is 0.0384. The van der Waals surface area contributed by atoms with Gasteiger partial charge < -0.3 is 19.9 Å². The van der Waals surface area contributed by atoms with Crippen LogP contribution in [-0.2, 0) is 9.47 Å². The molecule has 0 aliphatic heterocycles. The predicted octanol–water partition coefficient (Wildman–Crippen LogP) is -0.463. The van der Waals surface area contributed by atoms with Crippen LogP contribution in [0.2, 0.25) is 0 Å². The first-order valence-electron chi connectivity index (χ1n) is 4.41. The zero-order chi connectivity index (χ0) is 9.68. The summed E-state index contributed by atoms with van der Waals surface area (Å²) in [4.78, 5) is 0. The van der Waals surface area contributed by atoms with Crippen LogP contribution in [0.4, 0.5) is 0 Å². The second-order valence-corrected chi connectivity index (χ2v) is 2.99. The van der Waals surface area contributed by atoms with E-state index in [0.717, 1.165) is 0 Å². The molecule has 0 heterocycles. The normalized spacial score (nSPS) is 32.7. The summed E-state index contributed by atoms with van der Waals surface area (Å²) in [5, 5.41) is 11.9. The lowest BCUT2D eigenvalue weighted by atomic mass is 10.1. The molecular weight excluding hydrogens is 170 g/mol. The molecule has 1 aliphatic carbocycles. The Bertz CT molecular complexity index is 158. The quantitative estimate of drug-likeness (QED) is 0.572. The van der Waals surface area contributed by atoms with Crippen molar-refractivity contribution in [2.45, 2.75) is 18.2 Å². The maximum Gasteiger partial charge on any atom is 0.0934 e. The van der Waals surface area contributed by atoms with Gasteiger partial charge in [-0.1, -0.05) is 12.2 Å². The molecule has 13 heavy (non-hydrogen) atoms. The third kappa shape index (κ3) is 2.51. The molecule has 1 rings (SSSR count). The first-order chi connectivity index (χ1) is 6.33. The Balaban J connectivity index is 2.45. The van der Waals surface area contributed by atoms with E-state index in [-0.39, 0.29) is 24.9 Å².